The summed E-state index contributed by atoms with van der Waals surface area (Å²) in [4.78, 5) is 28.3. The van der Waals surface area contributed by atoms with Gasteiger partial charge in [0.25, 0.3) is 0 Å². The van der Waals surface area contributed by atoms with E-state index in [0.717, 1.165) is 87.2 Å². The van der Waals surface area contributed by atoms with E-state index in [1.165, 1.54) is 65.4 Å². The van der Waals surface area contributed by atoms with E-state index in [1.807, 2.05) is 36.4 Å². The first-order valence-corrected chi connectivity index (χ1v) is 37.0. The summed E-state index contributed by atoms with van der Waals surface area (Å²) in [7, 11) is 4.96. The fourth-order valence-electron chi connectivity index (χ4n) is 13.4. The predicted molar refractivity (Wildman–Crippen MR) is 430 cm³/mol. The standard InChI is InChI=1S/C87H93N9O12/c1-7-94-79-31-16-64(61-10-19-67(20-11-61)88-55-70-25-28-73(58-91-70)106-49-46-103-43-40-100-37-34-97-4)52-76(79)82-85(94)83-77-53-65(62-12-21-68(22-13-62)89-56-71-26-29-74(59-92-71)107-50-47-104-44-41-101-38-35-98-5)17-32-80(77)95(8-2)87(83)84-78-54-66(18-33-81(78)96(9-3)86(82)84)63-14-23-69(24-15-63)90-57-72-27-30-75(60-93-72)108-51-48-105-45-42-102-39-36-99-6/h10-33,52-60H,7-9,34-51H2,1-6H3. The third-order valence-electron chi connectivity index (χ3n) is 18.7. The Morgan fingerprint density at radius 2 is 0.537 bits per heavy atom. The van der Waals surface area contributed by atoms with Crippen LogP contribution in [0.15, 0.2) is 197 Å². The average molecular weight is 1460 g/mol. The molecule has 0 aliphatic rings. The highest BCUT2D eigenvalue weighted by Gasteiger charge is 2.28. The van der Waals surface area contributed by atoms with Crippen LogP contribution in [-0.4, -0.2) is 188 Å². The Labute approximate surface area is 629 Å². The summed E-state index contributed by atoms with van der Waals surface area (Å²) in [5.74, 6) is 1.99. The van der Waals surface area contributed by atoms with Crippen molar-refractivity contribution < 1.29 is 56.8 Å². The molecule has 0 saturated heterocycles. The Morgan fingerprint density at radius 3 is 0.778 bits per heavy atom. The lowest BCUT2D eigenvalue weighted by atomic mass is 9.97. The number of aryl methyl sites for hydroxylation is 3. The minimum absolute atomic E-state index is 0.406. The van der Waals surface area contributed by atoms with Gasteiger partial charge in [-0.05, 0) is 163 Å². The summed E-state index contributed by atoms with van der Waals surface area (Å²) in [6.45, 7) is 18.0. The number of rotatable bonds is 42. The van der Waals surface area contributed by atoms with Crippen LogP contribution in [0.25, 0.3) is 98.8 Å². The number of aliphatic imine (C=N–C) groups is 3. The van der Waals surface area contributed by atoms with Gasteiger partial charge in [0, 0.05) is 89.8 Å². The van der Waals surface area contributed by atoms with Gasteiger partial charge in [0.05, 0.1) is 187 Å². The highest BCUT2D eigenvalue weighted by atomic mass is 16.6. The van der Waals surface area contributed by atoms with Gasteiger partial charge in [-0.25, -0.2) is 0 Å². The van der Waals surface area contributed by atoms with Gasteiger partial charge >= 0.3 is 0 Å². The second-order valence-electron chi connectivity index (χ2n) is 25.5. The van der Waals surface area contributed by atoms with Gasteiger partial charge in [0.15, 0.2) is 0 Å². The molecular weight excluding hydrogens is 1360 g/mol. The molecule has 0 spiro atoms. The number of fused-ring (bicyclic) bond motifs is 12. The lowest BCUT2D eigenvalue weighted by molar-refractivity contribution is 0.0179. The number of pyridine rings is 3. The molecule has 0 bridgehead atoms. The fraction of sp³-hybridized carbons (Fsp3) is 0.310. The van der Waals surface area contributed by atoms with Crippen molar-refractivity contribution in [1.82, 2.24) is 28.7 Å². The van der Waals surface area contributed by atoms with Gasteiger partial charge in [-0.1, -0.05) is 54.6 Å². The summed E-state index contributed by atoms with van der Waals surface area (Å²) < 4.78 is 73.5. The van der Waals surface area contributed by atoms with Crippen molar-refractivity contribution in [3.05, 3.63) is 199 Å². The Bertz CT molecular complexity index is 4610. The first-order chi connectivity index (χ1) is 53.3. The second-order valence-corrected chi connectivity index (χ2v) is 25.5. The Kier molecular flexibility index (Phi) is 26.8. The molecule has 0 N–H and O–H groups in total. The van der Waals surface area contributed by atoms with Crippen LogP contribution in [0.4, 0.5) is 17.1 Å². The van der Waals surface area contributed by atoms with Gasteiger partial charge in [-0.3, -0.25) is 29.9 Å². The van der Waals surface area contributed by atoms with E-state index in [2.05, 4.69) is 177 Å². The fourth-order valence-corrected chi connectivity index (χ4v) is 13.4. The van der Waals surface area contributed by atoms with E-state index in [4.69, 9.17) is 71.8 Å². The zero-order valence-corrected chi connectivity index (χ0v) is 62.3. The molecule has 558 valence electrons. The molecule has 0 aliphatic carbocycles. The van der Waals surface area contributed by atoms with Crippen LogP contribution in [0, 0.1) is 0 Å². The number of benzene rings is 7. The smallest absolute Gasteiger partial charge is 0.137 e. The Hall–Kier alpha value is -10.6. The summed E-state index contributed by atoms with van der Waals surface area (Å²) in [6, 6.07) is 57.7. The SMILES string of the molecule is CCn1c2ccc(-c3ccc(N=Cc4ccc(OCCOCCOCCOC)cn4)cc3)cc2c2c1c1c3cc(-c4ccc(N=Cc5ccc(OCCOCCOCCOC)cn5)cc4)ccc3n(CC)c1c1c3cc(-c4ccc(N=Cc5ccc(OCCOCCOCCOC)cn5)cc4)ccc3n(CC)c21. The third-order valence-corrected chi connectivity index (χ3v) is 18.7. The number of nitrogens with zero attached hydrogens (tertiary/aromatic N) is 9. The van der Waals surface area contributed by atoms with Gasteiger partial charge in [0.1, 0.15) is 37.1 Å². The topological polar surface area (TPSA) is 201 Å². The van der Waals surface area contributed by atoms with E-state index >= 15 is 0 Å². The monoisotopic (exact) mass is 1460 g/mol. The minimum Gasteiger partial charge on any atom is -0.490 e. The molecule has 0 amide bonds. The van der Waals surface area contributed by atoms with Crippen molar-refractivity contribution in [1.29, 1.82) is 0 Å². The Morgan fingerprint density at radius 1 is 0.287 bits per heavy atom. The van der Waals surface area contributed by atoms with E-state index in [-0.39, 0.29) is 0 Å². The van der Waals surface area contributed by atoms with Gasteiger partial charge < -0.3 is 70.5 Å². The number of methoxy groups -OCH3 is 3. The van der Waals surface area contributed by atoms with Crippen LogP contribution in [0.3, 0.4) is 0 Å². The zero-order valence-electron chi connectivity index (χ0n) is 62.3. The molecule has 6 heterocycles. The van der Waals surface area contributed by atoms with Crippen LogP contribution in [-0.2, 0) is 62.3 Å². The highest BCUT2D eigenvalue weighted by molar-refractivity contribution is 6.40. The second kappa shape index (κ2) is 38.3. The first kappa shape index (κ1) is 75.7. The molecule has 0 atom stereocenters. The lowest BCUT2D eigenvalue weighted by Gasteiger charge is -2.10. The summed E-state index contributed by atoms with van der Waals surface area (Å²) in [5, 5.41) is 7.28. The zero-order chi connectivity index (χ0) is 74.2. The van der Waals surface area contributed by atoms with Crippen LogP contribution >= 0.6 is 0 Å². The largest absolute Gasteiger partial charge is 0.490 e. The predicted octanol–water partition coefficient (Wildman–Crippen LogP) is 16.7. The normalized spacial score (nSPS) is 12.1. The molecule has 13 aromatic rings. The van der Waals surface area contributed by atoms with E-state index < -0.39 is 0 Å². The first-order valence-electron chi connectivity index (χ1n) is 37.0. The maximum absolute atomic E-state index is 5.86. The molecule has 108 heavy (non-hydrogen) atoms. The van der Waals surface area contributed by atoms with Crippen molar-refractivity contribution in [2.45, 2.75) is 40.4 Å². The van der Waals surface area contributed by atoms with Crippen molar-refractivity contribution in [2.75, 3.05) is 140 Å². The number of hydrogen-bond acceptors (Lipinski definition) is 18. The molecule has 6 aromatic heterocycles. The summed E-state index contributed by atoms with van der Waals surface area (Å²) in [5.41, 5.74) is 18.4. The number of ether oxygens (including phenoxy) is 12. The van der Waals surface area contributed by atoms with E-state index in [9.17, 15) is 0 Å². The van der Waals surface area contributed by atoms with Gasteiger partial charge in [-0.2, -0.15) is 0 Å². The maximum Gasteiger partial charge on any atom is 0.137 e. The summed E-state index contributed by atoms with van der Waals surface area (Å²) >= 11 is 0. The lowest BCUT2D eigenvalue weighted by Crippen LogP contribution is -2.12. The molecule has 0 fully saturated rings. The minimum atomic E-state index is 0.406. The van der Waals surface area contributed by atoms with Gasteiger partial charge in [0.2, 0.25) is 0 Å². The quantitative estimate of drug-likeness (QED) is 0.0258. The van der Waals surface area contributed by atoms with Crippen LogP contribution in [0.5, 0.6) is 17.2 Å². The molecule has 0 unspecified atom stereocenters. The number of aromatic nitrogens is 6. The molecule has 0 aliphatic heterocycles. The van der Waals surface area contributed by atoms with Crippen LogP contribution in [0.1, 0.15) is 37.9 Å². The van der Waals surface area contributed by atoms with Crippen LogP contribution < -0.4 is 14.2 Å². The van der Waals surface area contributed by atoms with Crippen molar-refractivity contribution >= 4 is 101 Å². The summed E-state index contributed by atoms with van der Waals surface area (Å²) in [6.07, 6.45) is 10.5. The van der Waals surface area contributed by atoms with Crippen LogP contribution in [0.2, 0.25) is 0 Å². The highest BCUT2D eigenvalue weighted by Crippen LogP contribution is 2.50. The molecule has 21 heteroatoms. The van der Waals surface area contributed by atoms with E-state index in [1.54, 1.807) is 58.6 Å². The van der Waals surface area contributed by atoms with Crippen molar-refractivity contribution in [3.8, 4) is 50.6 Å². The third kappa shape index (κ3) is 18.5. The maximum atomic E-state index is 5.86. The Balaban J connectivity index is 0.807. The molecule has 0 saturated carbocycles. The molecule has 7 aromatic carbocycles. The molecule has 13 rings (SSSR count). The van der Waals surface area contributed by atoms with Crippen molar-refractivity contribution in [3.63, 3.8) is 0 Å². The average Bonchev–Trinajstić information content (AvgIpc) is 1.51. The van der Waals surface area contributed by atoms with Gasteiger partial charge in [-0.15, -0.1) is 0 Å². The molecule has 21 nitrogen and oxygen atoms in total. The molecule has 0 radical (unpaired) electrons. The van der Waals surface area contributed by atoms with Crippen molar-refractivity contribution in [2.24, 2.45) is 15.0 Å². The number of hydrogen-bond donors (Lipinski definition) is 0. The molecular formula is C87H93N9O12. The van der Waals surface area contributed by atoms with E-state index in [0.29, 0.717) is 136 Å².